The van der Waals surface area contributed by atoms with Crippen LogP contribution in [0.2, 0.25) is 10.0 Å². The lowest BCUT2D eigenvalue weighted by Crippen LogP contribution is -2.51. The van der Waals surface area contributed by atoms with E-state index in [4.69, 9.17) is 23.2 Å². The zero-order valence-electron chi connectivity index (χ0n) is 23.3. The van der Waals surface area contributed by atoms with E-state index in [1.54, 1.807) is 56.3 Å². The van der Waals surface area contributed by atoms with Gasteiger partial charge in [0.2, 0.25) is 11.8 Å². The molecule has 0 heterocycles. The first-order valence-corrected chi connectivity index (χ1v) is 15.2. The highest BCUT2D eigenvalue weighted by Crippen LogP contribution is 2.28. The summed E-state index contributed by atoms with van der Waals surface area (Å²) in [6.07, 6.45) is 0. The van der Waals surface area contributed by atoms with Gasteiger partial charge in [-0.2, -0.15) is 0 Å². The molecule has 0 aliphatic heterocycles. The summed E-state index contributed by atoms with van der Waals surface area (Å²) in [4.78, 5) is 28.2. The summed E-state index contributed by atoms with van der Waals surface area (Å²) < 4.78 is 28.9. The number of anilines is 1. The number of hydrogen-bond acceptors (Lipinski definition) is 4. The quantitative estimate of drug-likeness (QED) is 0.284. The molecule has 0 unspecified atom stereocenters. The van der Waals surface area contributed by atoms with Gasteiger partial charge in [-0.3, -0.25) is 13.9 Å². The lowest BCUT2D eigenvalue weighted by atomic mass is 10.0. The third kappa shape index (κ3) is 7.56. The average Bonchev–Trinajstić information content (AvgIpc) is 2.92. The largest absolute Gasteiger partial charge is 0.355 e. The van der Waals surface area contributed by atoms with Crippen LogP contribution in [0, 0.1) is 6.92 Å². The van der Waals surface area contributed by atoms with Crippen LogP contribution < -0.4 is 9.62 Å². The van der Waals surface area contributed by atoms with Crippen molar-refractivity contribution < 1.29 is 18.0 Å². The zero-order chi connectivity index (χ0) is 29.6. The van der Waals surface area contributed by atoms with Gasteiger partial charge in [-0.05, 0) is 74.2 Å². The van der Waals surface area contributed by atoms with Crippen molar-refractivity contribution >= 4 is 50.7 Å². The lowest BCUT2D eigenvalue weighted by molar-refractivity contribution is -0.139. The molecule has 2 amide bonds. The van der Waals surface area contributed by atoms with Gasteiger partial charge in [0.1, 0.15) is 12.6 Å². The maximum absolute atomic E-state index is 13.9. The molecule has 40 heavy (non-hydrogen) atoms. The highest BCUT2D eigenvalue weighted by atomic mass is 35.5. The maximum Gasteiger partial charge on any atom is 0.264 e. The second-order valence-corrected chi connectivity index (χ2v) is 12.6. The second kappa shape index (κ2) is 13.5. The minimum absolute atomic E-state index is 0.0265. The normalized spacial score (nSPS) is 12.2. The van der Waals surface area contributed by atoms with Gasteiger partial charge in [-0.15, -0.1) is 0 Å². The molecule has 3 aromatic rings. The van der Waals surface area contributed by atoms with Crippen molar-refractivity contribution in [1.29, 1.82) is 0 Å². The minimum Gasteiger partial charge on any atom is -0.355 e. The van der Waals surface area contributed by atoms with Gasteiger partial charge >= 0.3 is 0 Å². The fourth-order valence-corrected chi connectivity index (χ4v) is 5.87. The summed E-state index contributed by atoms with van der Waals surface area (Å²) in [6.45, 7) is 9.25. The van der Waals surface area contributed by atoms with E-state index < -0.39 is 28.5 Å². The monoisotopic (exact) mass is 603 g/mol. The number of benzene rings is 3. The van der Waals surface area contributed by atoms with Gasteiger partial charge in [0.25, 0.3) is 10.0 Å². The number of nitrogens with zero attached hydrogens (tertiary/aromatic N) is 2. The van der Waals surface area contributed by atoms with Gasteiger partial charge in [-0.25, -0.2) is 8.42 Å². The van der Waals surface area contributed by atoms with Gasteiger partial charge in [0, 0.05) is 13.1 Å². The Balaban J connectivity index is 2.05. The summed E-state index contributed by atoms with van der Waals surface area (Å²) in [5.41, 5.74) is 2.94. The Hall–Kier alpha value is -3.07. The maximum atomic E-state index is 13.9. The fourth-order valence-electron chi connectivity index (χ4n) is 4.13. The van der Waals surface area contributed by atoms with E-state index in [0.717, 1.165) is 15.4 Å². The van der Waals surface area contributed by atoms with Crippen molar-refractivity contribution in [2.24, 2.45) is 0 Å². The third-order valence-electron chi connectivity index (χ3n) is 6.59. The first-order chi connectivity index (χ1) is 18.8. The molecule has 0 aliphatic carbocycles. The van der Waals surface area contributed by atoms with Crippen LogP contribution in [-0.2, 0) is 26.2 Å². The molecule has 0 radical (unpaired) electrons. The molecular weight excluding hydrogens is 569 g/mol. The minimum atomic E-state index is -4.13. The molecule has 10 heteroatoms. The van der Waals surface area contributed by atoms with E-state index in [1.807, 2.05) is 32.9 Å². The first-order valence-electron chi connectivity index (χ1n) is 13.1. The molecule has 0 aliphatic rings. The number of hydrogen-bond donors (Lipinski definition) is 1. The van der Waals surface area contributed by atoms with Crippen LogP contribution in [0.5, 0.6) is 0 Å². The highest BCUT2D eigenvalue weighted by molar-refractivity contribution is 7.92. The second-order valence-electron chi connectivity index (χ2n) is 9.91. The van der Waals surface area contributed by atoms with Crippen molar-refractivity contribution in [3.05, 3.63) is 93.5 Å². The van der Waals surface area contributed by atoms with Gasteiger partial charge in [0.05, 0.1) is 20.6 Å². The Kier molecular flexibility index (Phi) is 10.6. The predicted octanol–water partition coefficient (Wildman–Crippen LogP) is 6.17. The number of carbonyl (C=O) groups excluding carboxylic acids is 2. The summed E-state index contributed by atoms with van der Waals surface area (Å²) >= 11 is 12.3. The highest BCUT2D eigenvalue weighted by Gasteiger charge is 2.32. The molecule has 0 spiro atoms. The van der Waals surface area contributed by atoms with Crippen LogP contribution in [0.15, 0.2) is 71.6 Å². The zero-order valence-corrected chi connectivity index (χ0v) is 25.6. The molecule has 3 rings (SSSR count). The van der Waals surface area contributed by atoms with E-state index in [9.17, 15) is 18.0 Å². The summed E-state index contributed by atoms with van der Waals surface area (Å²) in [7, 11) is -4.13. The van der Waals surface area contributed by atoms with Gasteiger partial charge < -0.3 is 10.2 Å². The molecule has 0 aromatic heterocycles. The predicted molar refractivity (Wildman–Crippen MR) is 161 cm³/mol. The van der Waals surface area contributed by atoms with Crippen LogP contribution in [0.25, 0.3) is 0 Å². The van der Waals surface area contributed by atoms with Crippen molar-refractivity contribution in [3.8, 4) is 0 Å². The van der Waals surface area contributed by atoms with Crippen LogP contribution in [0.4, 0.5) is 5.69 Å². The Morgan fingerprint density at radius 2 is 1.52 bits per heavy atom. The van der Waals surface area contributed by atoms with Crippen LogP contribution in [0.3, 0.4) is 0 Å². The average molecular weight is 605 g/mol. The standard InChI is InChI=1S/C30H35Cl2N3O4S/c1-6-33-30(37)22(5)34(18-23-9-16-27(31)28(32)17-23)29(36)19-35(25-12-10-24(11-13-25)20(2)3)40(38,39)26-14-7-21(4)8-15-26/h7-17,20,22H,6,18-19H2,1-5H3,(H,33,37)/t22-/m1/s1. The third-order valence-corrected chi connectivity index (χ3v) is 9.12. The van der Waals surface area contributed by atoms with E-state index in [-0.39, 0.29) is 23.3 Å². The fraction of sp³-hybridized carbons (Fsp3) is 0.333. The summed E-state index contributed by atoms with van der Waals surface area (Å²) in [6, 6.07) is 17.6. The summed E-state index contributed by atoms with van der Waals surface area (Å²) in [5, 5.41) is 3.41. The number of amides is 2. The molecule has 0 saturated heterocycles. The number of rotatable bonds is 11. The first kappa shape index (κ1) is 31.5. The molecule has 0 saturated carbocycles. The van der Waals surface area contributed by atoms with E-state index in [1.165, 1.54) is 17.0 Å². The van der Waals surface area contributed by atoms with Crippen molar-refractivity contribution in [2.45, 2.75) is 58.0 Å². The summed E-state index contributed by atoms with van der Waals surface area (Å²) in [5.74, 6) is -0.656. The molecule has 214 valence electrons. The molecule has 3 aromatic carbocycles. The molecule has 0 fully saturated rings. The van der Waals surface area contributed by atoms with E-state index in [2.05, 4.69) is 5.32 Å². The van der Waals surface area contributed by atoms with Crippen LogP contribution in [0.1, 0.15) is 50.3 Å². The topological polar surface area (TPSA) is 86.8 Å². The van der Waals surface area contributed by atoms with Crippen molar-refractivity contribution in [2.75, 3.05) is 17.4 Å². The Bertz CT molecular complexity index is 1440. The molecule has 1 atom stereocenters. The van der Waals surface area contributed by atoms with Crippen LogP contribution in [-0.4, -0.2) is 44.3 Å². The smallest absolute Gasteiger partial charge is 0.264 e. The lowest BCUT2D eigenvalue weighted by Gasteiger charge is -2.32. The van der Waals surface area contributed by atoms with Crippen LogP contribution >= 0.6 is 23.2 Å². The molecular formula is C30H35Cl2N3O4S. The Morgan fingerprint density at radius 1 is 0.900 bits per heavy atom. The number of aryl methyl sites for hydroxylation is 1. The molecule has 1 N–H and O–H groups in total. The SMILES string of the molecule is CCNC(=O)[C@@H](C)N(Cc1ccc(Cl)c(Cl)c1)C(=O)CN(c1ccc(C(C)C)cc1)S(=O)(=O)c1ccc(C)cc1. The molecule has 0 bridgehead atoms. The van der Waals surface area contributed by atoms with E-state index in [0.29, 0.717) is 27.8 Å². The Labute approximate surface area is 247 Å². The number of sulfonamides is 1. The Morgan fingerprint density at radius 3 is 2.08 bits per heavy atom. The van der Waals surface area contributed by atoms with Gasteiger partial charge in [-0.1, -0.05) is 72.9 Å². The number of likely N-dealkylation sites (N-methyl/N-ethyl adjacent to an activating group) is 1. The van der Waals surface area contributed by atoms with E-state index >= 15 is 0 Å². The number of carbonyl (C=O) groups is 2. The number of halogens is 2. The molecule has 7 nitrogen and oxygen atoms in total. The van der Waals surface area contributed by atoms with Crippen molar-refractivity contribution in [3.63, 3.8) is 0 Å². The number of nitrogens with one attached hydrogen (secondary N) is 1. The van der Waals surface area contributed by atoms with Crippen molar-refractivity contribution in [1.82, 2.24) is 10.2 Å². The van der Waals surface area contributed by atoms with Gasteiger partial charge in [0.15, 0.2) is 0 Å².